The Hall–Kier alpha value is -2.69. The fraction of sp³-hybridized carbons (Fsp3) is 0.316. The van der Waals surface area contributed by atoms with E-state index in [9.17, 15) is 4.79 Å². The van der Waals surface area contributed by atoms with Crippen LogP contribution in [0.1, 0.15) is 19.4 Å². The first kappa shape index (κ1) is 17.7. The summed E-state index contributed by atoms with van der Waals surface area (Å²) in [6, 6.07) is 12.8. The molecule has 0 heterocycles. The zero-order valence-electron chi connectivity index (χ0n) is 14.5. The number of ether oxygens (including phenoxy) is 3. The summed E-state index contributed by atoms with van der Waals surface area (Å²) in [5.41, 5.74) is 1.41. The molecule has 1 amide bonds. The highest BCUT2D eigenvalue weighted by Gasteiger charge is 2.13. The average Bonchev–Trinajstić information content (AvgIpc) is 2.56. The van der Waals surface area contributed by atoms with Crippen LogP contribution in [0, 0.1) is 0 Å². The molecule has 0 saturated carbocycles. The number of benzene rings is 2. The molecule has 2 aromatic carbocycles. The van der Waals surface area contributed by atoms with Gasteiger partial charge < -0.3 is 19.5 Å². The molecule has 0 aliphatic heterocycles. The Bertz CT molecular complexity index is 698. The van der Waals surface area contributed by atoms with Crippen molar-refractivity contribution < 1.29 is 19.0 Å². The van der Waals surface area contributed by atoms with Crippen LogP contribution in [0.4, 0.5) is 5.69 Å². The lowest BCUT2D eigenvalue weighted by atomic mass is 10.1. The molecule has 5 nitrogen and oxygen atoms in total. The maximum Gasteiger partial charge on any atom is 0.229 e. The number of carbonyl (C=O) groups excluding carboxylic acids is 1. The van der Waals surface area contributed by atoms with Crippen molar-refractivity contribution >= 4 is 11.6 Å². The summed E-state index contributed by atoms with van der Waals surface area (Å²) in [7, 11) is 3.17. The minimum Gasteiger partial charge on any atom is -0.497 e. The zero-order valence-corrected chi connectivity index (χ0v) is 14.5. The van der Waals surface area contributed by atoms with E-state index in [2.05, 4.69) is 5.32 Å². The second-order valence-corrected chi connectivity index (χ2v) is 5.57. The first-order valence-electron chi connectivity index (χ1n) is 7.80. The molecule has 1 N–H and O–H groups in total. The quantitative estimate of drug-likeness (QED) is 0.842. The number of para-hydroxylation sites is 2. The molecule has 2 aromatic rings. The molecule has 0 unspecified atom stereocenters. The summed E-state index contributed by atoms with van der Waals surface area (Å²) in [5, 5.41) is 2.89. The van der Waals surface area contributed by atoms with E-state index in [0.717, 1.165) is 5.56 Å². The molecule has 0 atom stereocenters. The van der Waals surface area contributed by atoms with Crippen LogP contribution < -0.4 is 19.5 Å². The number of hydrogen-bond acceptors (Lipinski definition) is 4. The maximum absolute atomic E-state index is 12.4. The van der Waals surface area contributed by atoms with E-state index in [1.165, 1.54) is 0 Å². The van der Waals surface area contributed by atoms with Crippen molar-refractivity contribution in [3.05, 3.63) is 48.0 Å². The topological polar surface area (TPSA) is 56.8 Å². The van der Waals surface area contributed by atoms with Gasteiger partial charge in [-0.1, -0.05) is 12.1 Å². The maximum atomic E-state index is 12.4. The monoisotopic (exact) mass is 329 g/mol. The van der Waals surface area contributed by atoms with Crippen LogP contribution in [0.2, 0.25) is 0 Å². The number of methoxy groups -OCH3 is 2. The molecule has 0 aromatic heterocycles. The molecule has 0 saturated heterocycles. The molecule has 5 heteroatoms. The fourth-order valence-corrected chi connectivity index (χ4v) is 2.31. The van der Waals surface area contributed by atoms with E-state index in [-0.39, 0.29) is 18.4 Å². The van der Waals surface area contributed by atoms with Crippen molar-refractivity contribution in [2.24, 2.45) is 0 Å². The summed E-state index contributed by atoms with van der Waals surface area (Å²) >= 11 is 0. The Kier molecular flexibility index (Phi) is 6.07. The SMILES string of the molecule is COc1ccc(OC)c(CC(=O)Nc2ccccc2OC(C)C)c1. The van der Waals surface area contributed by atoms with Crippen LogP contribution >= 0.6 is 0 Å². The van der Waals surface area contributed by atoms with Gasteiger partial charge in [-0.25, -0.2) is 0 Å². The minimum atomic E-state index is -0.152. The van der Waals surface area contributed by atoms with Gasteiger partial charge in [-0.05, 0) is 44.2 Å². The summed E-state index contributed by atoms with van der Waals surface area (Å²) in [6.45, 7) is 3.89. The molecule has 0 bridgehead atoms. The van der Waals surface area contributed by atoms with Crippen LogP contribution in [0.3, 0.4) is 0 Å². The number of hydrogen-bond donors (Lipinski definition) is 1. The second-order valence-electron chi connectivity index (χ2n) is 5.57. The third-order valence-corrected chi connectivity index (χ3v) is 3.36. The third-order valence-electron chi connectivity index (χ3n) is 3.36. The first-order valence-corrected chi connectivity index (χ1v) is 7.80. The molecule has 0 spiro atoms. The largest absolute Gasteiger partial charge is 0.497 e. The Morgan fingerprint density at radius 2 is 1.79 bits per heavy atom. The van der Waals surface area contributed by atoms with Crippen molar-refractivity contribution in [2.45, 2.75) is 26.4 Å². The number of anilines is 1. The van der Waals surface area contributed by atoms with Gasteiger partial charge in [0.05, 0.1) is 32.4 Å². The van der Waals surface area contributed by atoms with Gasteiger partial charge in [0.2, 0.25) is 5.91 Å². The van der Waals surface area contributed by atoms with E-state index in [1.807, 2.05) is 38.1 Å². The Balaban J connectivity index is 2.14. The van der Waals surface area contributed by atoms with Gasteiger partial charge in [-0.2, -0.15) is 0 Å². The van der Waals surface area contributed by atoms with Crippen molar-refractivity contribution in [2.75, 3.05) is 19.5 Å². The van der Waals surface area contributed by atoms with Gasteiger partial charge in [0.25, 0.3) is 0 Å². The lowest BCUT2D eigenvalue weighted by Crippen LogP contribution is -2.16. The highest BCUT2D eigenvalue weighted by atomic mass is 16.5. The number of nitrogens with one attached hydrogen (secondary N) is 1. The molecule has 0 aliphatic carbocycles. The Morgan fingerprint density at radius 1 is 1.04 bits per heavy atom. The highest BCUT2D eigenvalue weighted by Crippen LogP contribution is 2.27. The molecule has 2 rings (SSSR count). The third kappa shape index (κ3) is 4.65. The van der Waals surface area contributed by atoms with Crippen LogP contribution in [-0.2, 0) is 11.2 Å². The van der Waals surface area contributed by atoms with Crippen molar-refractivity contribution in [3.8, 4) is 17.2 Å². The first-order chi connectivity index (χ1) is 11.5. The highest BCUT2D eigenvalue weighted by molar-refractivity contribution is 5.94. The summed E-state index contributed by atoms with van der Waals surface area (Å²) in [6.07, 6.45) is 0.206. The van der Waals surface area contributed by atoms with Crippen molar-refractivity contribution in [1.82, 2.24) is 0 Å². The second kappa shape index (κ2) is 8.24. The molecule has 0 aliphatic rings. The van der Waals surface area contributed by atoms with Gasteiger partial charge >= 0.3 is 0 Å². The molecule has 128 valence electrons. The standard InChI is InChI=1S/C19H23NO4/c1-13(2)24-18-8-6-5-7-16(18)20-19(21)12-14-11-15(22-3)9-10-17(14)23-4/h5-11,13H,12H2,1-4H3,(H,20,21). The van der Waals surface area contributed by atoms with Crippen LogP contribution in [0.15, 0.2) is 42.5 Å². The van der Waals surface area contributed by atoms with Gasteiger partial charge in [0, 0.05) is 5.56 Å². The zero-order chi connectivity index (χ0) is 17.5. The fourth-order valence-electron chi connectivity index (χ4n) is 2.31. The van der Waals surface area contributed by atoms with Crippen molar-refractivity contribution in [3.63, 3.8) is 0 Å². The van der Waals surface area contributed by atoms with Crippen LogP contribution in [0.25, 0.3) is 0 Å². The average molecular weight is 329 g/mol. The van der Waals surface area contributed by atoms with Gasteiger partial charge in [-0.15, -0.1) is 0 Å². The summed E-state index contributed by atoms with van der Waals surface area (Å²) in [5.74, 6) is 1.83. The number of rotatable bonds is 7. The van der Waals surface area contributed by atoms with E-state index < -0.39 is 0 Å². The summed E-state index contributed by atoms with van der Waals surface area (Å²) in [4.78, 5) is 12.4. The molecule has 24 heavy (non-hydrogen) atoms. The summed E-state index contributed by atoms with van der Waals surface area (Å²) < 4.78 is 16.2. The normalized spacial score (nSPS) is 10.4. The molecular formula is C19H23NO4. The lowest BCUT2D eigenvalue weighted by Gasteiger charge is -2.15. The van der Waals surface area contributed by atoms with E-state index in [4.69, 9.17) is 14.2 Å². The van der Waals surface area contributed by atoms with Gasteiger partial charge in [0.15, 0.2) is 0 Å². The lowest BCUT2D eigenvalue weighted by molar-refractivity contribution is -0.115. The predicted molar refractivity (Wildman–Crippen MR) is 94.1 cm³/mol. The smallest absolute Gasteiger partial charge is 0.229 e. The van der Waals surface area contributed by atoms with Crippen molar-refractivity contribution in [1.29, 1.82) is 0 Å². The van der Waals surface area contributed by atoms with Crippen LogP contribution in [0.5, 0.6) is 17.2 Å². The molecule has 0 radical (unpaired) electrons. The van der Waals surface area contributed by atoms with Gasteiger partial charge in [0.1, 0.15) is 17.2 Å². The Morgan fingerprint density at radius 3 is 2.46 bits per heavy atom. The van der Waals surface area contributed by atoms with E-state index in [1.54, 1.807) is 32.4 Å². The number of amides is 1. The minimum absolute atomic E-state index is 0.0292. The van der Waals surface area contributed by atoms with Gasteiger partial charge in [-0.3, -0.25) is 4.79 Å². The van der Waals surface area contributed by atoms with Crippen LogP contribution in [-0.4, -0.2) is 26.2 Å². The number of carbonyl (C=O) groups is 1. The Labute approximate surface area is 142 Å². The molecule has 0 fully saturated rings. The molecular weight excluding hydrogens is 306 g/mol. The predicted octanol–water partition coefficient (Wildman–Crippen LogP) is 3.67. The van der Waals surface area contributed by atoms with E-state index >= 15 is 0 Å². The van der Waals surface area contributed by atoms with E-state index in [0.29, 0.717) is 22.9 Å².